The van der Waals surface area contributed by atoms with Crippen molar-refractivity contribution in [2.24, 2.45) is 5.73 Å². The molecule has 1 aliphatic carbocycles. The fraction of sp³-hybridized carbons (Fsp3) is 0.368. The van der Waals surface area contributed by atoms with Gasteiger partial charge in [-0.05, 0) is 24.3 Å². The van der Waals surface area contributed by atoms with Gasteiger partial charge in [0.25, 0.3) is 0 Å². The minimum Gasteiger partial charge on any atom is -0.345 e. The molecule has 25 heavy (non-hydrogen) atoms. The first-order chi connectivity index (χ1) is 11.6. The van der Waals surface area contributed by atoms with E-state index in [9.17, 15) is 9.59 Å². The molecule has 1 saturated carbocycles. The molecule has 0 atom stereocenters. The molecule has 0 heterocycles. The van der Waals surface area contributed by atoms with Crippen molar-refractivity contribution in [1.82, 2.24) is 5.32 Å². The molecule has 0 bridgehead atoms. The van der Waals surface area contributed by atoms with Gasteiger partial charge in [-0.3, -0.25) is 9.59 Å². The third-order valence-electron chi connectivity index (χ3n) is 4.67. The maximum Gasteiger partial charge on any atom is 0.243 e. The van der Waals surface area contributed by atoms with Crippen molar-refractivity contribution in [3.8, 4) is 0 Å². The summed E-state index contributed by atoms with van der Waals surface area (Å²) in [6.07, 6.45) is 4.42. The van der Waals surface area contributed by atoms with Crippen molar-refractivity contribution in [3.05, 3.63) is 42.5 Å². The van der Waals surface area contributed by atoms with Crippen LogP contribution in [-0.4, -0.2) is 23.9 Å². The van der Waals surface area contributed by atoms with E-state index in [0.29, 0.717) is 12.8 Å². The molecule has 1 aliphatic rings. The van der Waals surface area contributed by atoms with Crippen LogP contribution in [0.3, 0.4) is 0 Å². The van der Waals surface area contributed by atoms with E-state index >= 15 is 0 Å². The number of hydrogen-bond donors (Lipinski definition) is 3. The van der Waals surface area contributed by atoms with E-state index in [1.165, 1.54) is 0 Å². The van der Waals surface area contributed by atoms with E-state index in [2.05, 4.69) is 10.6 Å². The van der Waals surface area contributed by atoms with E-state index in [0.717, 1.165) is 35.7 Å². The summed E-state index contributed by atoms with van der Waals surface area (Å²) in [5.41, 5.74) is 6.09. The average molecular weight is 362 g/mol. The second-order valence-electron chi connectivity index (χ2n) is 6.47. The molecule has 0 spiro atoms. The first-order valence-electron chi connectivity index (χ1n) is 8.43. The second kappa shape index (κ2) is 8.32. The highest BCUT2D eigenvalue weighted by Gasteiger charge is 2.35. The van der Waals surface area contributed by atoms with Crippen molar-refractivity contribution in [2.75, 3.05) is 11.9 Å². The number of nitrogens with one attached hydrogen (secondary N) is 2. The van der Waals surface area contributed by atoms with Crippen LogP contribution in [0.15, 0.2) is 42.5 Å². The summed E-state index contributed by atoms with van der Waals surface area (Å²) in [6.45, 7) is -0.0684. The number of carbonyl (C=O) groups excluding carboxylic acids is 2. The van der Waals surface area contributed by atoms with Crippen LogP contribution in [-0.2, 0) is 9.59 Å². The van der Waals surface area contributed by atoms with Crippen LogP contribution < -0.4 is 16.4 Å². The van der Waals surface area contributed by atoms with E-state index in [1.807, 2.05) is 42.5 Å². The molecule has 0 aromatic heterocycles. The molecule has 6 heteroatoms. The Labute approximate surface area is 153 Å². The molecule has 3 rings (SSSR count). The van der Waals surface area contributed by atoms with Crippen LogP contribution >= 0.6 is 12.4 Å². The number of fused-ring (bicyclic) bond motifs is 1. The summed E-state index contributed by atoms with van der Waals surface area (Å²) in [5.74, 6) is -0.477. The van der Waals surface area contributed by atoms with E-state index in [1.54, 1.807) is 0 Å². The maximum absolute atomic E-state index is 12.3. The number of amides is 2. The molecule has 2 aromatic rings. The Kier molecular flexibility index (Phi) is 6.39. The maximum atomic E-state index is 12.3. The number of hydrogen-bond acceptors (Lipinski definition) is 3. The highest BCUT2D eigenvalue weighted by atomic mass is 35.5. The quantitative estimate of drug-likeness (QED) is 0.782. The lowest BCUT2D eigenvalue weighted by Gasteiger charge is -2.31. The minimum atomic E-state index is -0.821. The first kappa shape index (κ1) is 19.2. The average Bonchev–Trinajstić information content (AvgIpc) is 2.60. The van der Waals surface area contributed by atoms with Gasteiger partial charge in [-0.1, -0.05) is 55.7 Å². The smallest absolute Gasteiger partial charge is 0.243 e. The third kappa shape index (κ3) is 4.50. The minimum absolute atomic E-state index is 0. The summed E-state index contributed by atoms with van der Waals surface area (Å²) in [7, 11) is 0. The van der Waals surface area contributed by atoms with Gasteiger partial charge < -0.3 is 16.4 Å². The van der Waals surface area contributed by atoms with E-state index < -0.39 is 5.54 Å². The van der Waals surface area contributed by atoms with Gasteiger partial charge in [-0.15, -0.1) is 12.4 Å². The number of rotatable bonds is 4. The predicted molar refractivity (Wildman–Crippen MR) is 103 cm³/mol. The Bertz CT molecular complexity index is 752. The normalized spacial score (nSPS) is 15.9. The van der Waals surface area contributed by atoms with Gasteiger partial charge in [-0.2, -0.15) is 0 Å². The fourth-order valence-electron chi connectivity index (χ4n) is 3.28. The molecule has 0 saturated heterocycles. The van der Waals surface area contributed by atoms with Gasteiger partial charge in [0.1, 0.15) is 0 Å². The highest BCUT2D eigenvalue weighted by molar-refractivity contribution is 6.03. The zero-order valence-electron chi connectivity index (χ0n) is 14.1. The number of halogens is 1. The fourth-order valence-corrected chi connectivity index (χ4v) is 3.28. The zero-order valence-corrected chi connectivity index (χ0v) is 14.9. The van der Waals surface area contributed by atoms with Crippen LogP contribution in [0, 0.1) is 0 Å². The summed E-state index contributed by atoms with van der Waals surface area (Å²) in [5, 5.41) is 7.58. The lowest BCUT2D eigenvalue weighted by molar-refractivity contribution is -0.129. The van der Waals surface area contributed by atoms with E-state index in [-0.39, 0.29) is 30.8 Å². The number of anilines is 1. The molecule has 2 aromatic carbocycles. The second-order valence-corrected chi connectivity index (χ2v) is 6.47. The third-order valence-corrected chi connectivity index (χ3v) is 4.67. The summed E-state index contributed by atoms with van der Waals surface area (Å²) < 4.78 is 0. The standard InChI is InChI=1S/C19H23N3O2.ClH/c20-19(11-4-1-5-12-19)18(24)21-13-17(23)22-16-10-6-8-14-7-2-3-9-15(14)16;/h2-3,6-10H,1,4-5,11-13,20H2,(H,21,24)(H,22,23);1H. The van der Waals surface area contributed by atoms with Gasteiger partial charge in [0.05, 0.1) is 12.1 Å². The van der Waals surface area contributed by atoms with Crippen molar-refractivity contribution in [2.45, 2.75) is 37.6 Å². The summed E-state index contributed by atoms with van der Waals surface area (Å²) in [4.78, 5) is 24.5. The van der Waals surface area contributed by atoms with Crippen LogP contribution in [0.2, 0.25) is 0 Å². The number of carbonyl (C=O) groups is 2. The summed E-state index contributed by atoms with van der Waals surface area (Å²) in [6, 6.07) is 13.6. The van der Waals surface area contributed by atoms with Gasteiger partial charge >= 0.3 is 0 Å². The Hall–Kier alpha value is -2.11. The van der Waals surface area contributed by atoms with Crippen molar-refractivity contribution in [3.63, 3.8) is 0 Å². The Morgan fingerprint density at radius 2 is 1.68 bits per heavy atom. The SMILES string of the molecule is Cl.NC1(C(=O)NCC(=O)Nc2cccc3ccccc23)CCCCC1. The van der Waals surface area contributed by atoms with Crippen LogP contribution in [0.25, 0.3) is 10.8 Å². The Morgan fingerprint density at radius 1 is 1.00 bits per heavy atom. The molecular weight excluding hydrogens is 338 g/mol. The molecule has 134 valence electrons. The molecular formula is C19H24ClN3O2. The van der Waals surface area contributed by atoms with Crippen LogP contribution in [0.5, 0.6) is 0 Å². The topological polar surface area (TPSA) is 84.2 Å². The van der Waals surface area contributed by atoms with Gasteiger partial charge in [0.2, 0.25) is 11.8 Å². The molecule has 4 N–H and O–H groups in total. The largest absolute Gasteiger partial charge is 0.345 e. The van der Waals surface area contributed by atoms with Crippen molar-refractivity contribution < 1.29 is 9.59 Å². The molecule has 0 unspecified atom stereocenters. The zero-order chi connectivity index (χ0) is 17.0. The lowest BCUT2D eigenvalue weighted by Crippen LogP contribution is -2.56. The molecule has 2 amide bonds. The predicted octanol–water partition coefficient (Wildman–Crippen LogP) is 2.98. The van der Waals surface area contributed by atoms with Crippen LogP contribution in [0.4, 0.5) is 5.69 Å². The first-order valence-corrected chi connectivity index (χ1v) is 8.43. The molecule has 5 nitrogen and oxygen atoms in total. The van der Waals surface area contributed by atoms with Gasteiger partial charge in [-0.25, -0.2) is 0 Å². The monoisotopic (exact) mass is 361 g/mol. The van der Waals surface area contributed by atoms with Gasteiger partial charge in [0.15, 0.2) is 0 Å². The van der Waals surface area contributed by atoms with E-state index in [4.69, 9.17) is 5.73 Å². The number of benzene rings is 2. The lowest BCUT2D eigenvalue weighted by atomic mass is 9.82. The van der Waals surface area contributed by atoms with Crippen molar-refractivity contribution >= 4 is 40.7 Å². The van der Waals surface area contributed by atoms with Crippen LogP contribution in [0.1, 0.15) is 32.1 Å². The van der Waals surface area contributed by atoms with Gasteiger partial charge in [0, 0.05) is 11.1 Å². The Balaban J connectivity index is 0.00000225. The van der Waals surface area contributed by atoms with Crippen molar-refractivity contribution in [1.29, 1.82) is 0 Å². The Morgan fingerprint density at radius 3 is 2.44 bits per heavy atom. The molecule has 0 radical (unpaired) electrons. The number of nitrogens with two attached hydrogens (primary N) is 1. The summed E-state index contributed by atoms with van der Waals surface area (Å²) >= 11 is 0. The molecule has 0 aliphatic heterocycles. The molecule has 1 fully saturated rings. The highest BCUT2D eigenvalue weighted by Crippen LogP contribution is 2.26.